The zero-order chi connectivity index (χ0) is 17.9. The van der Waals surface area contributed by atoms with Gasteiger partial charge in [0.2, 0.25) is 5.91 Å². The van der Waals surface area contributed by atoms with Crippen molar-refractivity contribution < 1.29 is 19.5 Å². The molecule has 0 aliphatic carbocycles. The molecule has 2 atom stereocenters. The quantitative estimate of drug-likeness (QED) is 0.880. The molecule has 1 aromatic rings. The van der Waals surface area contributed by atoms with Gasteiger partial charge in [0.15, 0.2) is 0 Å². The predicted octanol–water partition coefficient (Wildman–Crippen LogP) is 1.76. The largest absolute Gasteiger partial charge is 0.481 e. The first-order chi connectivity index (χ1) is 11.2. The van der Waals surface area contributed by atoms with E-state index in [0.717, 1.165) is 0 Å². The maximum Gasteiger partial charge on any atom is 0.308 e. The van der Waals surface area contributed by atoms with Crippen LogP contribution in [-0.2, 0) is 9.59 Å². The van der Waals surface area contributed by atoms with Gasteiger partial charge in [-0.1, -0.05) is 25.1 Å². The molecule has 0 spiro atoms. The Hall–Kier alpha value is -2.37. The maximum atomic E-state index is 12.8. The van der Waals surface area contributed by atoms with Gasteiger partial charge in [-0.3, -0.25) is 14.4 Å². The van der Waals surface area contributed by atoms with Gasteiger partial charge in [0.25, 0.3) is 5.91 Å². The number of rotatable bonds is 4. The second-order valence-corrected chi connectivity index (χ2v) is 7.03. The van der Waals surface area contributed by atoms with Crippen molar-refractivity contribution in [3.63, 3.8) is 0 Å². The molecule has 6 heteroatoms. The van der Waals surface area contributed by atoms with Crippen molar-refractivity contribution in [2.45, 2.75) is 32.7 Å². The van der Waals surface area contributed by atoms with Crippen molar-refractivity contribution >= 4 is 17.8 Å². The minimum Gasteiger partial charge on any atom is -0.481 e. The third-order valence-corrected chi connectivity index (χ3v) is 4.29. The molecule has 0 aromatic heterocycles. The average molecular weight is 332 g/mol. The minimum atomic E-state index is -1.10. The number of hydrogen-bond donors (Lipinski definition) is 2. The summed E-state index contributed by atoms with van der Waals surface area (Å²) < 4.78 is 0. The number of carbonyl (C=O) groups excluding carboxylic acids is 2. The molecule has 2 amide bonds. The fourth-order valence-corrected chi connectivity index (χ4v) is 3.09. The summed E-state index contributed by atoms with van der Waals surface area (Å²) in [6, 6.07) is 8.69. The lowest BCUT2D eigenvalue weighted by Crippen LogP contribution is -2.59. The van der Waals surface area contributed by atoms with Crippen LogP contribution < -0.4 is 5.32 Å². The van der Waals surface area contributed by atoms with E-state index in [1.54, 1.807) is 43.0 Å². The molecule has 0 radical (unpaired) electrons. The number of aliphatic carboxylic acids is 1. The van der Waals surface area contributed by atoms with Gasteiger partial charge < -0.3 is 15.3 Å². The maximum absolute atomic E-state index is 12.8. The second kappa shape index (κ2) is 7.03. The summed E-state index contributed by atoms with van der Waals surface area (Å²) in [6.45, 7) is 5.91. The first kappa shape index (κ1) is 18.0. The number of carboxylic acid groups (broad SMARTS) is 1. The fourth-order valence-electron chi connectivity index (χ4n) is 3.09. The summed E-state index contributed by atoms with van der Waals surface area (Å²) in [4.78, 5) is 38.0. The predicted molar refractivity (Wildman–Crippen MR) is 89.5 cm³/mol. The smallest absolute Gasteiger partial charge is 0.308 e. The van der Waals surface area contributed by atoms with Gasteiger partial charge in [0, 0.05) is 18.7 Å². The number of carboxylic acids is 1. The Kier molecular flexibility index (Phi) is 5.26. The number of nitrogens with zero attached hydrogens (tertiary/aromatic N) is 1. The highest BCUT2D eigenvalue weighted by molar-refractivity contribution is 5.99. The number of benzene rings is 1. The molecule has 1 aromatic carbocycles. The molecule has 1 aliphatic rings. The van der Waals surface area contributed by atoms with Crippen molar-refractivity contribution in [1.29, 1.82) is 0 Å². The van der Waals surface area contributed by atoms with E-state index >= 15 is 0 Å². The Balaban J connectivity index is 2.09. The van der Waals surface area contributed by atoms with Gasteiger partial charge in [0.1, 0.15) is 5.54 Å². The fraction of sp³-hybridized carbons (Fsp3) is 0.500. The summed E-state index contributed by atoms with van der Waals surface area (Å²) >= 11 is 0. The van der Waals surface area contributed by atoms with E-state index < -0.39 is 17.4 Å². The number of amides is 2. The van der Waals surface area contributed by atoms with E-state index in [9.17, 15) is 19.5 Å². The van der Waals surface area contributed by atoms with Crippen LogP contribution in [0.15, 0.2) is 30.3 Å². The summed E-state index contributed by atoms with van der Waals surface area (Å²) in [7, 11) is 0. The molecular weight excluding hydrogens is 308 g/mol. The Bertz CT molecular complexity index is 627. The molecule has 1 saturated heterocycles. The third-order valence-electron chi connectivity index (χ3n) is 4.29. The standard InChI is InChI=1S/C18H24N2O4/c1-12-9-14(16(22)23)11-20(10-12)17(24)18(2,3)19-15(21)13-7-5-4-6-8-13/h4-8,12,14H,9-11H2,1-3H3,(H,19,21)(H,22,23). The van der Waals surface area contributed by atoms with Crippen LogP contribution in [0.5, 0.6) is 0 Å². The van der Waals surface area contributed by atoms with Crippen LogP contribution in [0.2, 0.25) is 0 Å². The van der Waals surface area contributed by atoms with Crippen LogP contribution in [0.4, 0.5) is 0 Å². The van der Waals surface area contributed by atoms with Crippen molar-refractivity contribution in [2.24, 2.45) is 11.8 Å². The van der Waals surface area contributed by atoms with Crippen molar-refractivity contribution in [3.05, 3.63) is 35.9 Å². The second-order valence-electron chi connectivity index (χ2n) is 7.03. The van der Waals surface area contributed by atoms with Gasteiger partial charge in [-0.15, -0.1) is 0 Å². The Labute approximate surface area is 141 Å². The van der Waals surface area contributed by atoms with E-state index in [1.807, 2.05) is 13.0 Å². The van der Waals surface area contributed by atoms with Crippen molar-refractivity contribution in [2.75, 3.05) is 13.1 Å². The number of likely N-dealkylation sites (tertiary alicyclic amines) is 1. The van der Waals surface area contributed by atoms with E-state index in [2.05, 4.69) is 5.32 Å². The SMILES string of the molecule is CC1CC(C(=O)O)CN(C(=O)C(C)(C)NC(=O)c2ccccc2)C1. The number of carbonyl (C=O) groups is 3. The Morgan fingerprint density at radius 3 is 2.38 bits per heavy atom. The molecule has 0 bridgehead atoms. The molecule has 0 saturated carbocycles. The van der Waals surface area contributed by atoms with E-state index in [0.29, 0.717) is 18.5 Å². The highest BCUT2D eigenvalue weighted by atomic mass is 16.4. The van der Waals surface area contributed by atoms with E-state index in [-0.39, 0.29) is 24.3 Å². The van der Waals surface area contributed by atoms with Crippen molar-refractivity contribution in [3.8, 4) is 0 Å². The first-order valence-electron chi connectivity index (χ1n) is 8.10. The number of piperidine rings is 1. The van der Waals surface area contributed by atoms with Crippen LogP contribution >= 0.6 is 0 Å². The van der Waals surface area contributed by atoms with Gasteiger partial charge in [-0.05, 0) is 38.3 Å². The molecule has 1 aliphatic heterocycles. The molecule has 1 heterocycles. The zero-order valence-electron chi connectivity index (χ0n) is 14.3. The van der Waals surface area contributed by atoms with Crippen LogP contribution in [0, 0.1) is 11.8 Å². The molecule has 6 nitrogen and oxygen atoms in total. The highest BCUT2D eigenvalue weighted by Gasteiger charge is 2.39. The van der Waals surface area contributed by atoms with Gasteiger partial charge in [0.05, 0.1) is 5.92 Å². The summed E-state index contributed by atoms with van der Waals surface area (Å²) in [6.07, 6.45) is 0.565. The van der Waals surface area contributed by atoms with Crippen LogP contribution in [0.3, 0.4) is 0 Å². The lowest BCUT2D eigenvalue weighted by Gasteiger charge is -2.39. The average Bonchev–Trinajstić information content (AvgIpc) is 2.53. The van der Waals surface area contributed by atoms with Crippen LogP contribution in [0.1, 0.15) is 37.6 Å². The molecule has 2 rings (SSSR count). The Morgan fingerprint density at radius 1 is 1.17 bits per heavy atom. The van der Waals surface area contributed by atoms with Crippen molar-refractivity contribution in [1.82, 2.24) is 10.2 Å². The summed E-state index contributed by atoms with van der Waals surface area (Å²) in [5, 5.41) is 12.0. The molecule has 2 N–H and O–H groups in total. The van der Waals surface area contributed by atoms with E-state index in [4.69, 9.17) is 0 Å². The van der Waals surface area contributed by atoms with Gasteiger partial charge in [-0.25, -0.2) is 0 Å². The van der Waals surface area contributed by atoms with Gasteiger partial charge in [-0.2, -0.15) is 0 Å². The molecule has 130 valence electrons. The Morgan fingerprint density at radius 2 is 1.79 bits per heavy atom. The highest BCUT2D eigenvalue weighted by Crippen LogP contribution is 2.24. The molecule has 2 unspecified atom stereocenters. The topological polar surface area (TPSA) is 86.7 Å². The third kappa shape index (κ3) is 4.13. The first-order valence-corrected chi connectivity index (χ1v) is 8.10. The summed E-state index contributed by atoms with van der Waals surface area (Å²) in [5.74, 6) is -1.91. The van der Waals surface area contributed by atoms with Crippen LogP contribution in [0.25, 0.3) is 0 Å². The zero-order valence-corrected chi connectivity index (χ0v) is 14.3. The minimum absolute atomic E-state index is 0.115. The molecule has 24 heavy (non-hydrogen) atoms. The van der Waals surface area contributed by atoms with E-state index in [1.165, 1.54) is 0 Å². The summed E-state index contributed by atoms with van der Waals surface area (Å²) in [5.41, 5.74) is -0.624. The molecule has 1 fully saturated rings. The molecular formula is C18H24N2O4. The number of hydrogen-bond acceptors (Lipinski definition) is 3. The lowest BCUT2D eigenvalue weighted by molar-refractivity contribution is -0.148. The lowest BCUT2D eigenvalue weighted by atomic mass is 9.89. The monoisotopic (exact) mass is 332 g/mol. The normalized spacial score (nSPS) is 21.2. The number of nitrogens with one attached hydrogen (secondary N) is 1. The van der Waals surface area contributed by atoms with Gasteiger partial charge >= 0.3 is 5.97 Å². The van der Waals surface area contributed by atoms with Crippen LogP contribution in [-0.4, -0.2) is 46.4 Å².